The van der Waals surface area contributed by atoms with Crippen molar-refractivity contribution in [1.29, 1.82) is 0 Å². The summed E-state index contributed by atoms with van der Waals surface area (Å²) in [7, 11) is 3.55. The number of nitrogens with zero attached hydrogens (tertiary/aromatic N) is 1. The molecule has 0 heterocycles. The van der Waals surface area contributed by atoms with Crippen molar-refractivity contribution in [3.8, 4) is 0 Å². The van der Waals surface area contributed by atoms with Crippen LogP contribution in [0.1, 0.15) is 12.8 Å². The summed E-state index contributed by atoms with van der Waals surface area (Å²) in [5, 5.41) is 3.32. The SMILES string of the molecule is CN(C)C(=O)CCCNc1c(Br)cc(Br)cc1Br. The largest absolute Gasteiger partial charge is 0.383 e. The molecule has 0 spiro atoms. The summed E-state index contributed by atoms with van der Waals surface area (Å²) < 4.78 is 2.99. The van der Waals surface area contributed by atoms with E-state index in [9.17, 15) is 4.79 Å². The lowest BCUT2D eigenvalue weighted by Crippen LogP contribution is -2.22. The number of carbonyl (C=O) groups is 1. The van der Waals surface area contributed by atoms with Gasteiger partial charge in [0.1, 0.15) is 0 Å². The Labute approximate surface area is 133 Å². The smallest absolute Gasteiger partial charge is 0.222 e. The second kappa shape index (κ2) is 7.50. The van der Waals surface area contributed by atoms with Gasteiger partial charge in [-0.1, -0.05) is 15.9 Å². The molecule has 1 amide bonds. The molecule has 0 aliphatic rings. The van der Waals surface area contributed by atoms with Gasteiger partial charge in [-0.2, -0.15) is 0 Å². The minimum atomic E-state index is 0.158. The Morgan fingerprint density at radius 3 is 2.28 bits per heavy atom. The molecule has 1 rings (SSSR count). The monoisotopic (exact) mass is 440 g/mol. The standard InChI is InChI=1S/C12H15Br3N2O/c1-17(2)11(18)4-3-5-16-12-9(14)6-8(13)7-10(12)15/h6-7,16H,3-5H2,1-2H3. The van der Waals surface area contributed by atoms with E-state index in [1.54, 1.807) is 19.0 Å². The van der Waals surface area contributed by atoms with Crippen molar-refractivity contribution in [3.63, 3.8) is 0 Å². The van der Waals surface area contributed by atoms with Crippen molar-refractivity contribution >= 4 is 59.4 Å². The van der Waals surface area contributed by atoms with E-state index in [1.165, 1.54) is 0 Å². The van der Waals surface area contributed by atoms with E-state index in [0.29, 0.717) is 6.42 Å². The normalized spacial score (nSPS) is 10.3. The Morgan fingerprint density at radius 2 is 1.78 bits per heavy atom. The van der Waals surface area contributed by atoms with Crippen LogP contribution in [0.2, 0.25) is 0 Å². The van der Waals surface area contributed by atoms with Gasteiger partial charge in [-0.05, 0) is 50.4 Å². The first kappa shape index (κ1) is 16.0. The summed E-state index contributed by atoms with van der Waals surface area (Å²) in [6, 6.07) is 3.97. The fraction of sp³-hybridized carbons (Fsp3) is 0.417. The van der Waals surface area contributed by atoms with Crippen LogP contribution in [0.25, 0.3) is 0 Å². The van der Waals surface area contributed by atoms with Crippen molar-refractivity contribution < 1.29 is 4.79 Å². The molecule has 0 radical (unpaired) electrons. The predicted molar refractivity (Wildman–Crippen MR) is 86.0 cm³/mol. The molecule has 6 heteroatoms. The molecule has 0 aromatic heterocycles. The highest BCUT2D eigenvalue weighted by Gasteiger charge is 2.07. The maximum Gasteiger partial charge on any atom is 0.222 e. The molecule has 18 heavy (non-hydrogen) atoms. The van der Waals surface area contributed by atoms with Crippen LogP contribution in [0.15, 0.2) is 25.6 Å². The second-order valence-electron chi connectivity index (χ2n) is 4.06. The predicted octanol–water partition coefficient (Wildman–Crippen LogP) is 4.25. The highest BCUT2D eigenvalue weighted by molar-refractivity contribution is 9.11. The lowest BCUT2D eigenvalue weighted by atomic mass is 10.2. The Balaban J connectivity index is 2.47. The van der Waals surface area contributed by atoms with E-state index in [-0.39, 0.29) is 5.91 Å². The average Bonchev–Trinajstić information content (AvgIpc) is 2.26. The molecular formula is C12H15Br3N2O. The minimum Gasteiger partial charge on any atom is -0.383 e. The van der Waals surface area contributed by atoms with Gasteiger partial charge >= 0.3 is 0 Å². The molecule has 100 valence electrons. The van der Waals surface area contributed by atoms with Crippen molar-refractivity contribution in [2.24, 2.45) is 0 Å². The van der Waals surface area contributed by atoms with Gasteiger partial charge in [-0.15, -0.1) is 0 Å². The zero-order chi connectivity index (χ0) is 13.7. The van der Waals surface area contributed by atoms with Crippen LogP contribution in [-0.2, 0) is 4.79 Å². The Hall–Kier alpha value is -0.0700. The molecule has 0 bridgehead atoms. The summed E-state index contributed by atoms with van der Waals surface area (Å²) >= 11 is 10.4. The van der Waals surface area contributed by atoms with Gasteiger partial charge in [0.25, 0.3) is 0 Å². The third kappa shape index (κ3) is 4.90. The highest BCUT2D eigenvalue weighted by Crippen LogP contribution is 2.34. The molecule has 1 aromatic rings. The molecule has 0 aliphatic carbocycles. The van der Waals surface area contributed by atoms with Crippen molar-refractivity contribution in [3.05, 3.63) is 25.6 Å². The van der Waals surface area contributed by atoms with Crippen LogP contribution in [0.3, 0.4) is 0 Å². The van der Waals surface area contributed by atoms with E-state index >= 15 is 0 Å². The van der Waals surface area contributed by atoms with Crippen LogP contribution >= 0.6 is 47.8 Å². The summed E-state index contributed by atoms with van der Waals surface area (Å²) in [5.41, 5.74) is 1.01. The number of hydrogen-bond acceptors (Lipinski definition) is 2. The molecule has 3 nitrogen and oxygen atoms in total. The quantitative estimate of drug-likeness (QED) is 0.691. The van der Waals surface area contributed by atoms with Gasteiger partial charge in [0, 0.05) is 40.5 Å². The molecule has 0 fully saturated rings. The minimum absolute atomic E-state index is 0.158. The van der Waals surface area contributed by atoms with Crippen molar-refractivity contribution in [2.45, 2.75) is 12.8 Å². The van der Waals surface area contributed by atoms with Gasteiger partial charge in [0.2, 0.25) is 5.91 Å². The Kier molecular flexibility index (Phi) is 6.66. The molecule has 1 aromatic carbocycles. The zero-order valence-corrected chi connectivity index (χ0v) is 15.0. The molecular weight excluding hydrogens is 428 g/mol. The average molecular weight is 443 g/mol. The third-order valence-electron chi connectivity index (χ3n) is 2.37. The third-order valence-corrected chi connectivity index (χ3v) is 4.08. The maximum atomic E-state index is 11.4. The summed E-state index contributed by atoms with van der Waals surface area (Å²) in [5.74, 6) is 0.158. The number of carbonyl (C=O) groups excluding carboxylic acids is 1. The fourth-order valence-electron chi connectivity index (χ4n) is 1.39. The number of benzene rings is 1. The molecule has 0 saturated heterocycles. The van der Waals surface area contributed by atoms with E-state index in [2.05, 4.69) is 53.1 Å². The van der Waals surface area contributed by atoms with Crippen molar-refractivity contribution in [1.82, 2.24) is 4.90 Å². The van der Waals surface area contributed by atoms with E-state index in [0.717, 1.165) is 32.1 Å². The number of hydrogen-bond donors (Lipinski definition) is 1. The fourth-order valence-corrected chi connectivity index (χ4v) is 3.93. The second-order valence-corrected chi connectivity index (χ2v) is 6.69. The lowest BCUT2D eigenvalue weighted by Gasteiger charge is -2.13. The number of halogens is 3. The van der Waals surface area contributed by atoms with Crippen LogP contribution in [-0.4, -0.2) is 31.4 Å². The van der Waals surface area contributed by atoms with Gasteiger partial charge < -0.3 is 10.2 Å². The molecule has 0 unspecified atom stereocenters. The van der Waals surface area contributed by atoms with E-state index in [4.69, 9.17) is 0 Å². The van der Waals surface area contributed by atoms with E-state index < -0.39 is 0 Å². The van der Waals surface area contributed by atoms with Crippen LogP contribution < -0.4 is 5.32 Å². The Morgan fingerprint density at radius 1 is 1.22 bits per heavy atom. The first-order valence-electron chi connectivity index (χ1n) is 5.50. The summed E-state index contributed by atoms with van der Waals surface area (Å²) in [6.45, 7) is 0.762. The number of amides is 1. The molecule has 0 aliphatic heterocycles. The number of anilines is 1. The first-order valence-corrected chi connectivity index (χ1v) is 7.88. The van der Waals surface area contributed by atoms with Crippen molar-refractivity contribution in [2.75, 3.05) is 26.0 Å². The lowest BCUT2D eigenvalue weighted by molar-refractivity contribution is -0.128. The highest BCUT2D eigenvalue weighted by atomic mass is 79.9. The zero-order valence-electron chi connectivity index (χ0n) is 10.3. The first-order chi connectivity index (χ1) is 8.41. The Bertz CT molecular complexity index is 412. The van der Waals surface area contributed by atoms with Crippen LogP contribution in [0.5, 0.6) is 0 Å². The number of rotatable bonds is 5. The molecule has 0 atom stereocenters. The van der Waals surface area contributed by atoms with Gasteiger partial charge in [0.15, 0.2) is 0 Å². The molecule has 1 N–H and O–H groups in total. The maximum absolute atomic E-state index is 11.4. The van der Waals surface area contributed by atoms with Gasteiger partial charge in [0.05, 0.1) is 5.69 Å². The van der Waals surface area contributed by atoms with E-state index in [1.807, 2.05) is 12.1 Å². The molecule has 0 saturated carbocycles. The topological polar surface area (TPSA) is 32.3 Å². The van der Waals surface area contributed by atoms with Gasteiger partial charge in [-0.25, -0.2) is 0 Å². The number of nitrogens with one attached hydrogen (secondary N) is 1. The summed E-state index contributed by atoms with van der Waals surface area (Å²) in [6.07, 6.45) is 1.37. The summed E-state index contributed by atoms with van der Waals surface area (Å²) in [4.78, 5) is 13.0. The van der Waals surface area contributed by atoms with Crippen LogP contribution in [0.4, 0.5) is 5.69 Å². The van der Waals surface area contributed by atoms with Crippen LogP contribution in [0, 0.1) is 0 Å². The van der Waals surface area contributed by atoms with Gasteiger partial charge in [-0.3, -0.25) is 4.79 Å².